The van der Waals surface area contributed by atoms with Crippen molar-refractivity contribution in [2.45, 2.75) is 38.0 Å². The highest BCUT2D eigenvalue weighted by atomic mass is 16.5. The molecule has 0 aromatic rings. The number of likely N-dealkylation sites (tertiary alicyclic amines) is 1. The molecule has 0 aliphatic carbocycles. The topological polar surface area (TPSA) is 42.0 Å². The Hall–Kier alpha value is -0.810. The molecule has 5 heteroatoms. The summed E-state index contributed by atoms with van der Waals surface area (Å²) in [5.74, 6) is 0. The quantitative estimate of drug-likeness (QED) is 0.723. The number of nitrogens with zero attached hydrogens (tertiary/aromatic N) is 2. The van der Waals surface area contributed by atoms with Crippen LogP contribution in [0.2, 0.25) is 0 Å². The molecule has 98 valence electrons. The van der Waals surface area contributed by atoms with Crippen molar-refractivity contribution in [2.24, 2.45) is 0 Å². The Morgan fingerprint density at radius 3 is 2.94 bits per heavy atom. The number of ether oxygens (including phenoxy) is 2. The summed E-state index contributed by atoms with van der Waals surface area (Å²) in [5.41, 5.74) is 0. The lowest BCUT2D eigenvalue weighted by atomic mass is 10.0. The van der Waals surface area contributed by atoms with Crippen molar-refractivity contribution in [3.05, 3.63) is 0 Å². The van der Waals surface area contributed by atoms with Crippen molar-refractivity contribution in [1.82, 2.24) is 9.80 Å². The van der Waals surface area contributed by atoms with E-state index in [9.17, 15) is 4.79 Å². The maximum absolute atomic E-state index is 12.1. The van der Waals surface area contributed by atoms with E-state index in [2.05, 4.69) is 0 Å². The molecule has 0 radical (unpaired) electrons. The Kier molecular flexibility index (Phi) is 3.89. The van der Waals surface area contributed by atoms with E-state index < -0.39 is 0 Å². The van der Waals surface area contributed by atoms with E-state index in [0.29, 0.717) is 13.2 Å². The number of hydrogen-bond acceptors (Lipinski definition) is 3. The van der Waals surface area contributed by atoms with Gasteiger partial charge in [-0.2, -0.15) is 0 Å². The summed E-state index contributed by atoms with van der Waals surface area (Å²) < 4.78 is 11.5. The molecule has 0 saturated carbocycles. The number of hydrogen-bond donors (Lipinski definition) is 0. The predicted octanol–water partition coefficient (Wildman–Crippen LogP) is 0.936. The van der Waals surface area contributed by atoms with Crippen molar-refractivity contribution in [3.63, 3.8) is 0 Å². The molecule has 2 rings (SSSR count). The van der Waals surface area contributed by atoms with Crippen molar-refractivity contribution < 1.29 is 14.3 Å². The van der Waals surface area contributed by atoms with E-state index in [4.69, 9.17) is 9.47 Å². The van der Waals surface area contributed by atoms with E-state index in [-0.39, 0.29) is 24.3 Å². The molecular weight excluding hydrogens is 220 g/mol. The third kappa shape index (κ3) is 2.40. The van der Waals surface area contributed by atoms with E-state index in [1.54, 1.807) is 19.0 Å². The second-order valence-corrected chi connectivity index (χ2v) is 4.87. The molecule has 2 heterocycles. The van der Waals surface area contributed by atoms with E-state index in [0.717, 1.165) is 19.4 Å². The fraction of sp³-hybridized carbons (Fsp3) is 0.917. The Labute approximate surface area is 103 Å². The zero-order chi connectivity index (χ0) is 12.4. The Bertz CT molecular complexity index is 283. The summed E-state index contributed by atoms with van der Waals surface area (Å²) in [7, 11) is 3.57. The molecular formula is C12H22N2O3. The van der Waals surface area contributed by atoms with Crippen LogP contribution in [-0.2, 0) is 9.47 Å². The lowest BCUT2D eigenvalue weighted by Crippen LogP contribution is -2.47. The van der Waals surface area contributed by atoms with Crippen molar-refractivity contribution >= 4 is 6.03 Å². The van der Waals surface area contributed by atoms with Crippen LogP contribution in [0.3, 0.4) is 0 Å². The third-order valence-electron chi connectivity index (χ3n) is 3.49. The molecule has 0 aromatic heterocycles. The second-order valence-electron chi connectivity index (χ2n) is 4.87. The number of rotatable bonds is 2. The molecule has 0 unspecified atom stereocenters. The number of urea groups is 1. The van der Waals surface area contributed by atoms with Crippen LogP contribution in [0.5, 0.6) is 0 Å². The lowest BCUT2D eigenvalue weighted by Gasteiger charge is -2.33. The fourth-order valence-corrected chi connectivity index (χ4v) is 2.75. The Balaban J connectivity index is 2.10. The van der Waals surface area contributed by atoms with Crippen LogP contribution >= 0.6 is 0 Å². The van der Waals surface area contributed by atoms with Crippen LogP contribution in [0.15, 0.2) is 0 Å². The smallest absolute Gasteiger partial charge is 0.319 e. The first-order valence-corrected chi connectivity index (χ1v) is 6.36. The average Bonchev–Trinajstić information content (AvgIpc) is 2.68. The maximum atomic E-state index is 12.1. The highest BCUT2D eigenvalue weighted by molar-refractivity contribution is 5.74. The van der Waals surface area contributed by atoms with Gasteiger partial charge in [-0.1, -0.05) is 0 Å². The van der Waals surface area contributed by atoms with Crippen molar-refractivity contribution in [2.75, 3.05) is 33.9 Å². The molecule has 17 heavy (non-hydrogen) atoms. The molecule has 5 nitrogen and oxygen atoms in total. The zero-order valence-electron chi connectivity index (χ0n) is 10.9. The Morgan fingerprint density at radius 2 is 2.29 bits per heavy atom. The summed E-state index contributed by atoms with van der Waals surface area (Å²) in [6.07, 6.45) is 2.15. The number of amides is 2. The highest BCUT2D eigenvalue weighted by Gasteiger charge is 2.46. The van der Waals surface area contributed by atoms with Gasteiger partial charge in [-0.25, -0.2) is 4.79 Å². The highest BCUT2D eigenvalue weighted by Crippen LogP contribution is 2.31. The molecule has 2 aliphatic heterocycles. The predicted molar refractivity (Wildman–Crippen MR) is 64.0 cm³/mol. The van der Waals surface area contributed by atoms with Crippen molar-refractivity contribution in [1.29, 1.82) is 0 Å². The molecule has 2 aliphatic rings. The van der Waals surface area contributed by atoms with Gasteiger partial charge in [0.1, 0.15) is 12.2 Å². The number of carbonyl (C=O) groups excluding carboxylic acids is 1. The van der Waals surface area contributed by atoms with Crippen LogP contribution in [-0.4, -0.2) is 67.9 Å². The van der Waals surface area contributed by atoms with Gasteiger partial charge in [-0.3, -0.25) is 0 Å². The normalized spacial score (nSPS) is 32.4. The first-order valence-electron chi connectivity index (χ1n) is 6.36. The number of carbonyl (C=O) groups is 1. The molecule has 3 atom stereocenters. The summed E-state index contributed by atoms with van der Waals surface area (Å²) in [6, 6.07) is 0.253. The first-order chi connectivity index (χ1) is 8.15. The molecule has 0 N–H and O–H groups in total. The van der Waals surface area contributed by atoms with E-state index in [1.165, 1.54) is 0 Å². The van der Waals surface area contributed by atoms with Crippen molar-refractivity contribution in [3.8, 4) is 0 Å². The molecule has 0 spiro atoms. The van der Waals surface area contributed by atoms with Crippen LogP contribution in [0.25, 0.3) is 0 Å². The molecule has 0 aromatic carbocycles. The van der Waals surface area contributed by atoms with Gasteiger partial charge in [0, 0.05) is 27.3 Å². The maximum Gasteiger partial charge on any atom is 0.319 e. The standard InChI is InChI=1S/C12H22N2O3/c1-4-16-10-8-14(12(15)13(2)3)9-6-5-7-17-11(9)10/h9-11H,4-8H2,1-3H3/t9-,10+,11+/m0/s1. The minimum absolute atomic E-state index is 0.0363. The van der Waals surface area contributed by atoms with Gasteiger partial charge in [-0.15, -0.1) is 0 Å². The summed E-state index contributed by atoms with van der Waals surface area (Å²) in [4.78, 5) is 15.6. The van der Waals surface area contributed by atoms with Crippen LogP contribution in [0, 0.1) is 0 Å². The minimum Gasteiger partial charge on any atom is -0.374 e. The molecule has 0 bridgehead atoms. The van der Waals surface area contributed by atoms with Gasteiger partial charge < -0.3 is 19.3 Å². The van der Waals surface area contributed by atoms with Crippen LogP contribution in [0.1, 0.15) is 19.8 Å². The van der Waals surface area contributed by atoms with E-state index >= 15 is 0 Å². The molecule has 2 amide bonds. The average molecular weight is 242 g/mol. The van der Waals surface area contributed by atoms with E-state index in [1.807, 2.05) is 11.8 Å². The lowest BCUT2D eigenvalue weighted by molar-refractivity contribution is -0.0737. The van der Waals surface area contributed by atoms with Crippen LogP contribution < -0.4 is 0 Å². The summed E-state index contributed by atoms with van der Waals surface area (Å²) in [6.45, 7) is 4.09. The second kappa shape index (κ2) is 5.23. The van der Waals surface area contributed by atoms with Gasteiger partial charge in [-0.05, 0) is 19.8 Å². The van der Waals surface area contributed by atoms with Gasteiger partial charge in [0.05, 0.1) is 12.6 Å². The van der Waals surface area contributed by atoms with Crippen LogP contribution in [0.4, 0.5) is 4.79 Å². The SMILES string of the molecule is CCO[C@@H]1CN(C(=O)N(C)C)[C@H]2CCCO[C@@H]12. The minimum atomic E-state index is 0.0363. The first kappa shape index (κ1) is 12.6. The van der Waals surface area contributed by atoms with Gasteiger partial charge >= 0.3 is 6.03 Å². The van der Waals surface area contributed by atoms with Gasteiger partial charge in [0.25, 0.3) is 0 Å². The molecule has 2 saturated heterocycles. The fourth-order valence-electron chi connectivity index (χ4n) is 2.75. The monoisotopic (exact) mass is 242 g/mol. The summed E-state index contributed by atoms with van der Waals surface area (Å²) in [5, 5.41) is 0. The Morgan fingerprint density at radius 1 is 1.53 bits per heavy atom. The zero-order valence-corrected chi connectivity index (χ0v) is 10.9. The van der Waals surface area contributed by atoms with Gasteiger partial charge in [0.15, 0.2) is 0 Å². The largest absolute Gasteiger partial charge is 0.374 e. The third-order valence-corrected chi connectivity index (χ3v) is 3.49. The van der Waals surface area contributed by atoms with Gasteiger partial charge in [0.2, 0.25) is 0 Å². The molecule has 2 fully saturated rings. The number of fused-ring (bicyclic) bond motifs is 1. The summed E-state index contributed by atoms with van der Waals surface area (Å²) >= 11 is 0.